The van der Waals surface area contributed by atoms with Crippen molar-refractivity contribution in [2.45, 2.75) is 205 Å². The summed E-state index contributed by atoms with van der Waals surface area (Å²) < 4.78 is 6.66. The van der Waals surface area contributed by atoms with E-state index in [-0.39, 0.29) is 50.2 Å². The summed E-state index contributed by atoms with van der Waals surface area (Å²) in [5.41, 5.74) is 29.2. The molecule has 1 aromatic heterocycles. The number of hydrogen-bond acceptors (Lipinski definition) is 4. The summed E-state index contributed by atoms with van der Waals surface area (Å²) in [4.78, 5) is 8.40. The Morgan fingerprint density at radius 3 is 1.44 bits per heavy atom. The van der Waals surface area contributed by atoms with Gasteiger partial charge in [0.1, 0.15) is 11.2 Å². The van der Waals surface area contributed by atoms with E-state index in [1.54, 1.807) is 0 Å². The lowest BCUT2D eigenvalue weighted by atomic mass is 9.32. The molecule has 1 fully saturated rings. The zero-order valence-corrected chi connectivity index (χ0v) is 53.3. The van der Waals surface area contributed by atoms with Crippen molar-refractivity contribution in [3.8, 4) is 11.1 Å². The zero-order valence-electron chi connectivity index (χ0n) is 53.3. The molecule has 0 amide bonds. The number of para-hydroxylation sites is 1. The van der Waals surface area contributed by atoms with E-state index >= 15 is 0 Å². The van der Waals surface area contributed by atoms with Crippen LogP contribution in [0.15, 0.2) is 150 Å². The summed E-state index contributed by atoms with van der Waals surface area (Å²) in [6.45, 7) is 35.3. The maximum absolute atomic E-state index is 6.66. The molecule has 9 aromatic rings. The Morgan fingerprint density at radius 2 is 0.835 bits per heavy atom. The van der Waals surface area contributed by atoms with Crippen molar-refractivity contribution >= 4 is 90.5 Å². The van der Waals surface area contributed by atoms with Gasteiger partial charge in [0.2, 0.25) is 0 Å². The number of benzene rings is 8. The van der Waals surface area contributed by atoms with Crippen LogP contribution in [0.1, 0.15) is 200 Å². The van der Waals surface area contributed by atoms with Gasteiger partial charge in [-0.05, 0) is 230 Å². The minimum absolute atomic E-state index is 0.00442. The third kappa shape index (κ3) is 7.40. The first kappa shape index (κ1) is 53.5. The van der Waals surface area contributed by atoms with E-state index in [2.05, 4.69) is 257 Å². The first-order chi connectivity index (χ1) is 40.3. The fraction of sp³-hybridized carbons (Fsp3) is 0.400. The van der Waals surface area contributed by atoms with Gasteiger partial charge in [-0.2, -0.15) is 0 Å². The molecule has 0 spiro atoms. The average molecular weight is 1120 g/mol. The average Bonchev–Trinajstić information content (AvgIpc) is 1.57. The molecular weight excluding hydrogens is 1030 g/mol. The lowest BCUT2D eigenvalue weighted by Gasteiger charge is -2.52. The highest BCUT2D eigenvalue weighted by Crippen LogP contribution is 2.63. The summed E-state index contributed by atoms with van der Waals surface area (Å²) in [5.74, 6) is 0. The highest BCUT2D eigenvalue weighted by atomic mass is 16.3. The predicted molar refractivity (Wildman–Crippen MR) is 362 cm³/mol. The fourth-order valence-electron chi connectivity index (χ4n) is 18.3. The number of hydrogen-bond donors (Lipinski definition) is 0. The summed E-state index contributed by atoms with van der Waals surface area (Å²) in [6, 6.07) is 58.2. The van der Waals surface area contributed by atoms with Gasteiger partial charge in [0.25, 0.3) is 6.71 Å². The van der Waals surface area contributed by atoms with Crippen molar-refractivity contribution in [1.29, 1.82) is 0 Å². The van der Waals surface area contributed by atoms with Crippen LogP contribution in [0.4, 0.5) is 45.5 Å². The van der Waals surface area contributed by atoms with Crippen molar-refractivity contribution in [1.82, 2.24) is 0 Å². The molecule has 0 saturated heterocycles. The van der Waals surface area contributed by atoms with Crippen molar-refractivity contribution in [3.63, 3.8) is 0 Å². The van der Waals surface area contributed by atoms with Crippen LogP contribution in [-0.4, -0.2) is 12.3 Å². The predicted octanol–water partition coefficient (Wildman–Crippen LogP) is 20.1. The molecule has 0 bridgehead atoms. The van der Waals surface area contributed by atoms with E-state index in [0.717, 1.165) is 72.6 Å². The van der Waals surface area contributed by atoms with Gasteiger partial charge in [0, 0.05) is 61.7 Å². The van der Waals surface area contributed by atoms with Gasteiger partial charge in [-0.1, -0.05) is 176 Å². The van der Waals surface area contributed by atoms with E-state index in [4.69, 9.17) is 4.42 Å². The maximum atomic E-state index is 6.66. The quantitative estimate of drug-likeness (QED) is 0.164. The van der Waals surface area contributed by atoms with Gasteiger partial charge < -0.3 is 19.1 Å². The molecule has 4 heterocycles. The molecule has 7 aliphatic rings. The molecular formula is C80H86BN3O. The number of anilines is 8. The molecule has 4 nitrogen and oxygen atoms in total. The van der Waals surface area contributed by atoms with Crippen LogP contribution in [0.5, 0.6) is 0 Å². The number of rotatable bonds is 4. The Kier molecular flexibility index (Phi) is 10.9. The van der Waals surface area contributed by atoms with Gasteiger partial charge >= 0.3 is 0 Å². The summed E-state index contributed by atoms with van der Waals surface area (Å²) in [6.07, 6.45) is 11.7. The van der Waals surface area contributed by atoms with Crippen LogP contribution in [-0.2, 0) is 37.9 Å². The molecule has 430 valence electrons. The molecule has 2 atom stereocenters. The van der Waals surface area contributed by atoms with Crippen LogP contribution < -0.4 is 31.1 Å². The minimum Gasteiger partial charge on any atom is -0.456 e. The second kappa shape index (κ2) is 17.4. The minimum atomic E-state index is -0.197. The van der Waals surface area contributed by atoms with Gasteiger partial charge in [-0.25, -0.2) is 0 Å². The van der Waals surface area contributed by atoms with E-state index in [9.17, 15) is 0 Å². The van der Waals surface area contributed by atoms with Crippen LogP contribution >= 0.6 is 0 Å². The lowest BCUT2D eigenvalue weighted by molar-refractivity contribution is 0.195. The molecule has 0 radical (unpaired) electrons. The van der Waals surface area contributed by atoms with Crippen molar-refractivity contribution in [2.75, 3.05) is 14.7 Å². The second-order valence-electron chi connectivity index (χ2n) is 32.0. The third-order valence-electron chi connectivity index (χ3n) is 24.2. The standard InChI is InChI=1S/C80H86BN3O/c1-73(2)34-35-74(3,4)57-42-52(27-29-56(57)73)83-67-48-61-59(76(7,8)37-39-78(61,11)12)46-64(67)81-63-45-58-60(77(9,10)38-36-75(58,5)6)47-66(63)82(51-28-31-71-55(41-51)54-24-18-19-25-70(54)85-71)68-43-53(44-69(83)72(68)81)84-65-30-26-50(49-22-16-15-17-23-49)40-62(65)79(13)32-20-21-33-80(79,84)14/h15-19,22-31,40-48H,20-21,32-39H2,1-14H3. The van der Waals surface area contributed by atoms with E-state index < -0.39 is 0 Å². The molecule has 85 heavy (non-hydrogen) atoms. The molecule has 3 aliphatic heterocycles. The second-order valence-corrected chi connectivity index (χ2v) is 32.0. The maximum Gasteiger partial charge on any atom is 0.252 e. The number of furan rings is 1. The van der Waals surface area contributed by atoms with Gasteiger partial charge in [-0.15, -0.1) is 0 Å². The van der Waals surface area contributed by atoms with Crippen molar-refractivity contribution in [3.05, 3.63) is 185 Å². The number of nitrogens with zero attached hydrogens (tertiary/aromatic N) is 3. The Bertz CT molecular complexity index is 4340. The monoisotopic (exact) mass is 1120 g/mol. The first-order valence-electron chi connectivity index (χ1n) is 32.5. The highest BCUT2D eigenvalue weighted by molar-refractivity contribution is 7.00. The van der Waals surface area contributed by atoms with E-state index in [0.29, 0.717) is 0 Å². The Labute approximate surface area is 507 Å². The largest absolute Gasteiger partial charge is 0.456 e. The topological polar surface area (TPSA) is 22.9 Å². The molecule has 5 heteroatoms. The van der Waals surface area contributed by atoms with Crippen molar-refractivity contribution < 1.29 is 4.42 Å². The molecule has 1 saturated carbocycles. The smallest absolute Gasteiger partial charge is 0.252 e. The van der Waals surface area contributed by atoms with Gasteiger partial charge in [0.05, 0.1) is 5.54 Å². The number of fused-ring (bicyclic) bond motifs is 13. The Hall–Kier alpha value is -6.98. The molecule has 2 unspecified atom stereocenters. The van der Waals surface area contributed by atoms with Crippen LogP contribution in [0, 0.1) is 0 Å². The van der Waals surface area contributed by atoms with Gasteiger partial charge in [0.15, 0.2) is 0 Å². The molecule has 8 aromatic carbocycles. The van der Waals surface area contributed by atoms with E-state index in [1.807, 2.05) is 0 Å². The first-order valence-corrected chi connectivity index (χ1v) is 32.5. The van der Waals surface area contributed by atoms with Crippen LogP contribution in [0.25, 0.3) is 33.1 Å². The molecule has 4 aliphatic carbocycles. The Balaban J connectivity index is 1.06. The van der Waals surface area contributed by atoms with E-state index in [1.165, 1.54) is 126 Å². The van der Waals surface area contributed by atoms with Gasteiger partial charge in [-0.3, -0.25) is 0 Å². The van der Waals surface area contributed by atoms with Crippen molar-refractivity contribution in [2.24, 2.45) is 0 Å². The Morgan fingerprint density at radius 1 is 0.341 bits per heavy atom. The summed E-state index contributed by atoms with van der Waals surface area (Å²) in [7, 11) is 0. The summed E-state index contributed by atoms with van der Waals surface area (Å²) >= 11 is 0. The lowest BCUT2D eigenvalue weighted by Crippen LogP contribution is -2.62. The SMILES string of the molecule is CC1(C)CCC(C)(C)c2cc(N3c4cc5c(cc4B4c6cc7c(cc6N(c6ccc8oc9ccccc9c8c6)c6cc(N8c9ccc(-c%10ccccc%10)cc9C9(C)CCCCC89C)cc3c64)C(C)(C)CCC7(C)C)C(C)(C)CCC5(C)C)ccc21. The molecule has 16 rings (SSSR count). The fourth-order valence-corrected chi connectivity index (χ4v) is 18.3. The molecule has 0 N–H and O–H groups in total. The van der Waals surface area contributed by atoms with Crippen LogP contribution in [0.2, 0.25) is 0 Å². The summed E-state index contributed by atoms with van der Waals surface area (Å²) in [5, 5.41) is 2.30. The third-order valence-corrected chi connectivity index (χ3v) is 24.2. The zero-order chi connectivity index (χ0) is 58.9. The normalized spacial score (nSPS) is 23.7. The highest BCUT2D eigenvalue weighted by Gasteiger charge is 2.59. The van der Waals surface area contributed by atoms with Crippen LogP contribution in [0.3, 0.4) is 0 Å².